The molecule has 84 valence electrons. The molecular formula is C12H13NO3. The summed E-state index contributed by atoms with van der Waals surface area (Å²) in [6, 6.07) is 2.00. The second-order valence-corrected chi connectivity index (χ2v) is 3.70. The molecule has 0 aliphatic carbocycles. The van der Waals surface area contributed by atoms with Crippen LogP contribution in [0.1, 0.15) is 11.3 Å². The highest BCUT2D eigenvalue weighted by atomic mass is 16.4. The number of aromatic amines is 1. The Morgan fingerprint density at radius 1 is 1.44 bits per heavy atom. The highest BCUT2D eigenvalue weighted by Crippen LogP contribution is 2.13. The third-order valence-electron chi connectivity index (χ3n) is 2.35. The molecule has 2 rings (SSSR count). The van der Waals surface area contributed by atoms with Crippen molar-refractivity contribution in [1.82, 2.24) is 4.98 Å². The summed E-state index contributed by atoms with van der Waals surface area (Å²) in [6.07, 6.45) is 4.18. The van der Waals surface area contributed by atoms with Crippen molar-refractivity contribution in [1.29, 1.82) is 0 Å². The van der Waals surface area contributed by atoms with Gasteiger partial charge in [-0.05, 0) is 24.6 Å². The number of aromatic nitrogens is 1. The smallest absolute Gasteiger partial charge is 0.204 e. The summed E-state index contributed by atoms with van der Waals surface area (Å²) < 4.78 is 5.09. The maximum atomic E-state index is 9.48. The Hall–Kier alpha value is -2.10. The van der Waals surface area contributed by atoms with Crippen LogP contribution >= 0.6 is 0 Å². The lowest BCUT2D eigenvalue weighted by atomic mass is 10.2. The molecule has 0 saturated heterocycles. The van der Waals surface area contributed by atoms with Crippen LogP contribution in [0.25, 0.3) is 12.7 Å². The maximum absolute atomic E-state index is 9.48. The van der Waals surface area contributed by atoms with Gasteiger partial charge in [0.25, 0.3) is 0 Å². The van der Waals surface area contributed by atoms with E-state index < -0.39 is 0 Å². The Labute approximate surface area is 92.2 Å². The number of aryl methyl sites for hydroxylation is 1. The second-order valence-electron chi connectivity index (χ2n) is 3.70. The summed E-state index contributed by atoms with van der Waals surface area (Å²) in [4.78, 5) is 3.08. The Morgan fingerprint density at radius 2 is 2.19 bits per heavy atom. The van der Waals surface area contributed by atoms with Crippen molar-refractivity contribution in [3.8, 4) is 11.5 Å². The maximum Gasteiger partial charge on any atom is 0.204 e. The van der Waals surface area contributed by atoms with Crippen molar-refractivity contribution in [3.05, 3.63) is 34.4 Å². The number of furan rings is 1. The topological polar surface area (TPSA) is 69.4 Å². The fourth-order valence-electron chi connectivity index (χ4n) is 1.50. The number of nitrogens with one attached hydrogen (secondary N) is 1. The van der Waals surface area contributed by atoms with Gasteiger partial charge >= 0.3 is 0 Å². The molecule has 0 radical (unpaired) electrons. The van der Waals surface area contributed by atoms with E-state index in [-0.39, 0.29) is 22.3 Å². The largest absolute Gasteiger partial charge is 0.502 e. The van der Waals surface area contributed by atoms with E-state index in [1.54, 1.807) is 6.08 Å². The van der Waals surface area contributed by atoms with E-state index in [1.165, 1.54) is 0 Å². The van der Waals surface area contributed by atoms with Crippen LogP contribution in [0, 0.1) is 6.92 Å². The summed E-state index contributed by atoms with van der Waals surface area (Å²) >= 11 is 0. The minimum atomic E-state index is -0.297. The molecule has 0 spiro atoms. The predicted molar refractivity (Wildman–Crippen MR) is 60.5 cm³/mol. The van der Waals surface area contributed by atoms with Crippen molar-refractivity contribution in [2.75, 3.05) is 0 Å². The van der Waals surface area contributed by atoms with Gasteiger partial charge in [-0.15, -0.1) is 0 Å². The van der Waals surface area contributed by atoms with Crippen LogP contribution in [0.5, 0.6) is 11.5 Å². The van der Waals surface area contributed by atoms with Gasteiger partial charge in [0.15, 0.2) is 10.8 Å². The molecule has 0 amide bonds. The third-order valence-corrected chi connectivity index (χ3v) is 2.35. The molecule has 0 unspecified atom stereocenters. The van der Waals surface area contributed by atoms with E-state index in [2.05, 4.69) is 11.6 Å². The van der Waals surface area contributed by atoms with Gasteiger partial charge in [0.05, 0.1) is 0 Å². The lowest BCUT2D eigenvalue weighted by Crippen LogP contribution is -1.99. The summed E-state index contributed by atoms with van der Waals surface area (Å²) in [5.41, 5.74) is 2.48. The fourth-order valence-corrected chi connectivity index (χ4v) is 1.50. The Bertz CT molecular complexity index is 607. The second kappa shape index (κ2) is 3.81. The number of hydrogen-bond acceptors (Lipinski definition) is 3. The average molecular weight is 219 g/mol. The first kappa shape index (κ1) is 10.4. The first-order valence-electron chi connectivity index (χ1n) is 4.91. The molecule has 0 bridgehead atoms. The van der Waals surface area contributed by atoms with E-state index in [1.807, 2.05) is 19.2 Å². The molecule has 4 heteroatoms. The Kier molecular flexibility index (Phi) is 2.48. The van der Waals surface area contributed by atoms with E-state index >= 15 is 0 Å². The first-order valence-corrected chi connectivity index (χ1v) is 4.91. The van der Waals surface area contributed by atoms with Gasteiger partial charge in [0.2, 0.25) is 11.5 Å². The number of rotatable bonds is 2. The van der Waals surface area contributed by atoms with Crippen molar-refractivity contribution in [2.24, 2.45) is 0 Å². The molecule has 0 atom stereocenters. The molecule has 0 fully saturated rings. The quantitative estimate of drug-likeness (QED) is 0.698. The summed E-state index contributed by atoms with van der Waals surface area (Å²) in [5.74, 6) is -0.554. The average Bonchev–Trinajstić information content (AvgIpc) is 2.76. The van der Waals surface area contributed by atoms with Gasteiger partial charge in [-0.2, -0.15) is 0 Å². The van der Waals surface area contributed by atoms with E-state index in [0.29, 0.717) is 6.42 Å². The standard InChI is InChI=1S/C12H13NO3/c1-7-5-9(13-6-7)3-4-10-12(15)11(14)8(2)16-10/h4-6,13-15H,2-3H2,1H3/b10-4+. The summed E-state index contributed by atoms with van der Waals surface area (Å²) in [5, 5.41) is 18.8. The molecule has 0 aromatic carbocycles. The summed E-state index contributed by atoms with van der Waals surface area (Å²) in [6.45, 7) is 5.45. The Balaban J connectivity index is 2.31. The summed E-state index contributed by atoms with van der Waals surface area (Å²) in [7, 11) is 0. The molecule has 3 N–H and O–H groups in total. The minimum Gasteiger partial charge on any atom is -0.502 e. The molecule has 4 nitrogen and oxygen atoms in total. The molecular weight excluding hydrogens is 206 g/mol. The molecule has 0 saturated carbocycles. The van der Waals surface area contributed by atoms with Crippen LogP contribution in [-0.4, -0.2) is 15.2 Å². The minimum absolute atomic E-state index is 0.0754. The zero-order valence-corrected chi connectivity index (χ0v) is 8.95. The lowest BCUT2D eigenvalue weighted by molar-refractivity contribution is 0.403. The third kappa shape index (κ3) is 1.82. The highest BCUT2D eigenvalue weighted by Gasteiger charge is 2.06. The van der Waals surface area contributed by atoms with Crippen LogP contribution < -0.4 is 10.8 Å². The molecule has 0 aliphatic rings. The first-order chi connectivity index (χ1) is 7.58. The molecule has 2 aromatic heterocycles. The van der Waals surface area contributed by atoms with Crippen molar-refractivity contribution in [3.63, 3.8) is 0 Å². The fraction of sp³-hybridized carbons (Fsp3) is 0.167. The van der Waals surface area contributed by atoms with Crippen LogP contribution in [0.2, 0.25) is 0 Å². The van der Waals surface area contributed by atoms with Gasteiger partial charge < -0.3 is 19.6 Å². The normalized spacial score (nSPS) is 12.2. The Morgan fingerprint density at radius 3 is 2.69 bits per heavy atom. The van der Waals surface area contributed by atoms with Gasteiger partial charge in [-0.25, -0.2) is 0 Å². The zero-order valence-electron chi connectivity index (χ0n) is 8.95. The molecule has 2 aromatic rings. The van der Waals surface area contributed by atoms with Crippen molar-refractivity contribution >= 4 is 12.7 Å². The molecule has 0 aliphatic heterocycles. The SMILES string of the molecule is C=c1o/c(=C/Cc2cc(C)c[nH]2)c(O)c1O. The molecule has 2 heterocycles. The van der Waals surface area contributed by atoms with E-state index in [0.717, 1.165) is 11.3 Å². The number of hydrogen-bond donors (Lipinski definition) is 3. The van der Waals surface area contributed by atoms with Crippen LogP contribution in [-0.2, 0) is 6.42 Å². The zero-order chi connectivity index (χ0) is 11.7. The number of aromatic hydroxyl groups is 2. The van der Waals surface area contributed by atoms with Gasteiger partial charge in [0, 0.05) is 18.3 Å². The molecule has 16 heavy (non-hydrogen) atoms. The van der Waals surface area contributed by atoms with Crippen molar-refractivity contribution < 1.29 is 14.6 Å². The predicted octanol–water partition coefficient (Wildman–Crippen LogP) is 0.761. The highest BCUT2D eigenvalue weighted by molar-refractivity contribution is 5.41. The van der Waals surface area contributed by atoms with Gasteiger partial charge in [-0.3, -0.25) is 0 Å². The monoisotopic (exact) mass is 219 g/mol. The van der Waals surface area contributed by atoms with E-state index in [9.17, 15) is 10.2 Å². The van der Waals surface area contributed by atoms with Crippen molar-refractivity contribution in [2.45, 2.75) is 13.3 Å². The van der Waals surface area contributed by atoms with Gasteiger partial charge in [0.1, 0.15) is 0 Å². The van der Waals surface area contributed by atoms with E-state index in [4.69, 9.17) is 4.42 Å². The van der Waals surface area contributed by atoms with Crippen LogP contribution in [0.3, 0.4) is 0 Å². The lowest BCUT2D eigenvalue weighted by Gasteiger charge is -1.88. The van der Waals surface area contributed by atoms with Crippen LogP contribution in [0.15, 0.2) is 16.7 Å². The van der Waals surface area contributed by atoms with Crippen LogP contribution in [0.4, 0.5) is 0 Å². The van der Waals surface area contributed by atoms with Gasteiger partial charge in [-0.1, -0.05) is 6.58 Å². The number of H-pyrrole nitrogens is 1.